The Morgan fingerprint density at radius 1 is 1.15 bits per heavy atom. The van der Waals surface area contributed by atoms with Gasteiger partial charge in [-0.25, -0.2) is 4.39 Å². The van der Waals surface area contributed by atoms with Gasteiger partial charge in [0.25, 0.3) is 6.36 Å². The first-order valence-electron chi connectivity index (χ1n) is 4.10. The van der Waals surface area contributed by atoms with Gasteiger partial charge in [0, 0.05) is 0 Å². The predicted molar refractivity (Wildman–Crippen MR) is 40.7 cm³/mol. The van der Waals surface area contributed by atoms with Gasteiger partial charge in [0.15, 0.2) is 0 Å². The first-order valence-corrected chi connectivity index (χ1v) is 4.10. The van der Waals surface area contributed by atoms with E-state index in [1.807, 2.05) is 0 Å². The Bertz CT molecular complexity index is 124. The fourth-order valence-electron chi connectivity index (χ4n) is 0.737. The number of rotatable bonds is 6. The van der Waals surface area contributed by atoms with Crippen molar-refractivity contribution in [3.63, 3.8) is 0 Å². The van der Waals surface area contributed by atoms with Gasteiger partial charge in [0.2, 0.25) is 0 Å². The molecule has 0 aliphatic heterocycles. The van der Waals surface area contributed by atoms with Crippen LogP contribution in [-0.4, -0.2) is 19.1 Å². The molecule has 0 aliphatic carbocycles. The normalized spacial score (nSPS) is 14.5. The van der Waals surface area contributed by atoms with Gasteiger partial charge in [-0.2, -0.15) is 13.2 Å². The van der Waals surface area contributed by atoms with E-state index in [0.29, 0.717) is 12.8 Å². The second-order valence-electron chi connectivity index (χ2n) is 2.64. The average Bonchev–Trinajstić information content (AvgIpc) is 2.02. The molecule has 0 aromatic heterocycles. The summed E-state index contributed by atoms with van der Waals surface area (Å²) in [6, 6.07) is 0. The zero-order chi connectivity index (χ0) is 10.3. The van der Waals surface area contributed by atoms with E-state index in [9.17, 15) is 17.6 Å². The standard InChI is InChI=1S/C8H13F4O/c1-2-3-4-5-6-13-7(9)8(10,11)12/h7H,1-6H2. The smallest absolute Gasteiger partial charge is 0.341 e. The number of unbranched alkanes of at least 4 members (excludes halogenated alkanes) is 3. The molecule has 0 fully saturated rings. The Hall–Kier alpha value is -0.320. The van der Waals surface area contributed by atoms with Crippen LogP contribution in [0.5, 0.6) is 0 Å². The van der Waals surface area contributed by atoms with E-state index < -0.39 is 12.5 Å². The lowest BCUT2D eigenvalue weighted by molar-refractivity contribution is -0.264. The molecule has 0 N–H and O–H groups in total. The average molecular weight is 201 g/mol. The zero-order valence-electron chi connectivity index (χ0n) is 7.24. The highest BCUT2D eigenvalue weighted by Crippen LogP contribution is 2.23. The minimum absolute atomic E-state index is 0.194. The van der Waals surface area contributed by atoms with Crippen LogP contribution in [0.25, 0.3) is 0 Å². The van der Waals surface area contributed by atoms with Crippen LogP contribution < -0.4 is 0 Å². The maximum Gasteiger partial charge on any atom is 0.445 e. The van der Waals surface area contributed by atoms with Crippen LogP contribution in [0.3, 0.4) is 0 Å². The predicted octanol–water partition coefficient (Wildman–Crippen LogP) is 3.26. The van der Waals surface area contributed by atoms with Crippen LogP contribution in [0.4, 0.5) is 17.6 Å². The van der Waals surface area contributed by atoms with E-state index in [0.717, 1.165) is 12.8 Å². The lowest BCUT2D eigenvalue weighted by atomic mass is 10.2. The topological polar surface area (TPSA) is 9.23 Å². The molecule has 1 radical (unpaired) electrons. The Labute approximate surface area is 75.1 Å². The van der Waals surface area contributed by atoms with E-state index in [-0.39, 0.29) is 6.61 Å². The maximum absolute atomic E-state index is 12.1. The van der Waals surface area contributed by atoms with Gasteiger partial charge in [-0.1, -0.05) is 26.2 Å². The molecule has 5 heteroatoms. The molecule has 0 rings (SSSR count). The molecule has 1 atom stereocenters. The summed E-state index contributed by atoms with van der Waals surface area (Å²) in [6.07, 6.45) is -5.33. The molecular formula is C8H13F4O. The number of ether oxygens (including phenoxy) is 1. The lowest BCUT2D eigenvalue weighted by Crippen LogP contribution is -2.27. The van der Waals surface area contributed by atoms with Crippen LogP contribution in [0, 0.1) is 6.92 Å². The summed E-state index contributed by atoms with van der Waals surface area (Å²) in [6.45, 7) is 3.37. The van der Waals surface area contributed by atoms with Gasteiger partial charge in [-0.3, -0.25) is 0 Å². The van der Waals surface area contributed by atoms with E-state index >= 15 is 0 Å². The molecule has 0 bridgehead atoms. The van der Waals surface area contributed by atoms with Crippen molar-refractivity contribution in [2.75, 3.05) is 6.61 Å². The van der Waals surface area contributed by atoms with Crippen LogP contribution in [0.1, 0.15) is 25.7 Å². The first-order chi connectivity index (χ1) is 5.98. The van der Waals surface area contributed by atoms with Crippen molar-refractivity contribution in [1.29, 1.82) is 0 Å². The van der Waals surface area contributed by atoms with Crippen LogP contribution >= 0.6 is 0 Å². The SMILES string of the molecule is [CH2]CCCCCOC(F)C(F)(F)F. The molecule has 1 unspecified atom stereocenters. The third kappa shape index (κ3) is 6.81. The highest BCUT2D eigenvalue weighted by Gasteiger charge is 2.41. The van der Waals surface area contributed by atoms with Crippen LogP contribution in [0.2, 0.25) is 0 Å². The van der Waals surface area contributed by atoms with Crippen molar-refractivity contribution in [2.45, 2.75) is 38.2 Å². The van der Waals surface area contributed by atoms with E-state index in [1.165, 1.54) is 0 Å². The van der Waals surface area contributed by atoms with Gasteiger partial charge >= 0.3 is 6.18 Å². The van der Waals surface area contributed by atoms with Crippen molar-refractivity contribution in [3.8, 4) is 0 Å². The number of hydrogen-bond acceptors (Lipinski definition) is 1. The summed E-state index contributed by atoms with van der Waals surface area (Å²) in [5.74, 6) is 0. The Kier molecular flexibility index (Phi) is 6.03. The second kappa shape index (κ2) is 6.18. The summed E-state index contributed by atoms with van der Waals surface area (Å²) in [4.78, 5) is 0. The molecule has 0 saturated heterocycles. The number of halogens is 4. The van der Waals surface area contributed by atoms with Crippen molar-refractivity contribution in [3.05, 3.63) is 6.92 Å². The molecule has 0 aromatic carbocycles. The monoisotopic (exact) mass is 201 g/mol. The summed E-state index contributed by atoms with van der Waals surface area (Å²) in [7, 11) is 0. The summed E-state index contributed by atoms with van der Waals surface area (Å²) >= 11 is 0. The van der Waals surface area contributed by atoms with E-state index in [1.54, 1.807) is 0 Å². The first kappa shape index (κ1) is 12.7. The fourth-order valence-corrected chi connectivity index (χ4v) is 0.737. The number of hydrogen-bond donors (Lipinski definition) is 0. The molecule has 79 valence electrons. The highest BCUT2D eigenvalue weighted by atomic mass is 19.4. The fraction of sp³-hybridized carbons (Fsp3) is 0.875. The largest absolute Gasteiger partial charge is 0.445 e. The van der Waals surface area contributed by atoms with Crippen molar-refractivity contribution >= 4 is 0 Å². The molecule has 0 amide bonds. The molecule has 0 heterocycles. The van der Waals surface area contributed by atoms with Gasteiger partial charge < -0.3 is 4.74 Å². The van der Waals surface area contributed by atoms with Crippen molar-refractivity contribution in [1.82, 2.24) is 0 Å². The third-order valence-electron chi connectivity index (χ3n) is 1.42. The van der Waals surface area contributed by atoms with Crippen LogP contribution in [0.15, 0.2) is 0 Å². The van der Waals surface area contributed by atoms with Gasteiger partial charge in [-0.05, 0) is 6.42 Å². The second-order valence-corrected chi connectivity index (χ2v) is 2.64. The van der Waals surface area contributed by atoms with Crippen molar-refractivity contribution < 1.29 is 22.3 Å². The minimum atomic E-state index is -4.90. The zero-order valence-corrected chi connectivity index (χ0v) is 7.24. The lowest BCUT2D eigenvalue weighted by Gasteiger charge is -2.12. The maximum atomic E-state index is 12.1. The molecule has 0 saturated carbocycles. The molecule has 1 nitrogen and oxygen atoms in total. The highest BCUT2D eigenvalue weighted by molar-refractivity contribution is 4.54. The minimum Gasteiger partial charge on any atom is -0.341 e. The molecule has 0 spiro atoms. The molecule has 0 aliphatic rings. The van der Waals surface area contributed by atoms with Gasteiger partial charge in [-0.15, -0.1) is 0 Å². The Morgan fingerprint density at radius 2 is 1.77 bits per heavy atom. The summed E-state index contributed by atoms with van der Waals surface area (Å²) < 4.78 is 50.5. The van der Waals surface area contributed by atoms with Gasteiger partial charge in [0.1, 0.15) is 0 Å². The summed E-state index contributed by atoms with van der Waals surface area (Å²) in [5, 5.41) is 0. The van der Waals surface area contributed by atoms with Crippen molar-refractivity contribution in [2.24, 2.45) is 0 Å². The molecule has 0 aromatic rings. The quantitative estimate of drug-likeness (QED) is 0.473. The Balaban J connectivity index is 3.32. The Morgan fingerprint density at radius 3 is 2.23 bits per heavy atom. The summed E-state index contributed by atoms with van der Waals surface area (Å²) in [5.41, 5.74) is 0. The van der Waals surface area contributed by atoms with E-state index in [4.69, 9.17) is 0 Å². The van der Waals surface area contributed by atoms with Gasteiger partial charge in [0.05, 0.1) is 6.61 Å². The number of alkyl halides is 4. The van der Waals surface area contributed by atoms with Crippen LogP contribution in [-0.2, 0) is 4.74 Å². The third-order valence-corrected chi connectivity index (χ3v) is 1.42. The van der Waals surface area contributed by atoms with E-state index in [2.05, 4.69) is 11.7 Å². The molecule has 13 heavy (non-hydrogen) atoms. The molecular weight excluding hydrogens is 188 g/mol.